The quantitative estimate of drug-likeness (QED) is 0.542. The number of sulfonamides is 1. The lowest BCUT2D eigenvalue weighted by Crippen LogP contribution is -2.24. The van der Waals surface area contributed by atoms with E-state index in [4.69, 9.17) is 0 Å². The molecule has 0 aliphatic carbocycles. The zero-order valence-corrected chi connectivity index (χ0v) is 16.1. The van der Waals surface area contributed by atoms with Gasteiger partial charge in [-0.2, -0.15) is 0 Å². The first-order valence-corrected chi connectivity index (χ1v) is 10.4. The average Bonchev–Trinajstić information content (AvgIpc) is 3.22. The van der Waals surface area contributed by atoms with Gasteiger partial charge >= 0.3 is 0 Å². The van der Waals surface area contributed by atoms with Gasteiger partial charge in [0.1, 0.15) is 0 Å². The summed E-state index contributed by atoms with van der Waals surface area (Å²) in [5.41, 5.74) is 0.750. The van der Waals surface area contributed by atoms with Gasteiger partial charge in [0.15, 0.2) is 0 Å². The van der Waals surface area contributed by atoms with E-state index in [1.165, 1.54) is 18.2 Å². The molecule has 0 saturated heterocycles. The number of rotatable bonds is 9. The molecule has 0 atom stereocenters. The third-order valence-corrected chi connectivity index (χ3v) is 5.52. The van der Waals surface area contributed by atoms with Crippen LogP contribution >= 0.6 is 0 Å². The highest BCUT2D eigenvalue weighted by atomic mass is 32.2. The third kappa shape index (κ3) is 5.43. The summed E-state index contributed by atoms with van der Waals surface area (Å²) < 4.78 is 29.3. The van der Waals surface area contributed by atoms with Gasteiger partial charge in [-0.1, -0.05) is 24.3 Å². The van der Waals surface area contributed by atoms with Gasteiger partial charge in [0.25, 0.3) is 15.9 Å². The molecule has 0 aliphatic rings. The molecule has 3 rings (SSSR count). The molecule has 3 aromatic rings. The summed E-state index contributed by atoms with van der Waals surface area (Å²) in [4.78, 5) is 16.5. The Balaban J connectivity index is 1.53. The standard InChI is InChI=1S/C20H22N4O3S/c25-20(22-11-4-5-13-24-14-12-21-16-24)17-7-6-8-18(15-17)23-28(26,27)19-9-2-1-3-10-19/h1-3,6-10,12,14-16,23H,4-5,11,13H2,(H,22,25). The van der Waals surface area contributed by atoms with Crippen LogP contribution in [-0.4, -0.2) is 30.4 Å². The lowest BCUT2D eigenvalue weighted by Gasteiger charge is -2.10. The van der Waals surface area contributed by atoms with E-state index in [9.17, 15) is 13.2 Å². The zero-order chi connectivity index (χ0) is 19.8. The van der Waals surface area contributed by atoms with E-state index in [0.29, 0.717) is 17.8 Å². The fraction of sp³-hybridized carbons (Fsp3) is 0.200. The maximum absolute atomic E-state index is 12.4. The number of carbonyl (C=O) groups excluding carboxylic acids is 1. The van der Waals surface area contributed by atoms with Gasteiger partial charge < -0.3 is 9.88 Å². The van der Waals surface area contributed by atoms with Crippen molar-refractivity contribution in [2.45, 2.75) is 24.3 Å². The Kier molecular flexibility index (Phi) is 6.44. The van der Waals surface area contributed by atoms with Crippen molar-refractivity contribution in [3.8, 4) is 0 Å². The maximum Gasteiger partial charge on any atom is 0.261 e. The van der Waals surface area contributed by atoms with Crippen LogP contribution in [0.5, 0.6) is 0 Å². The second kappa shape index (κ2) is 9.18. The van der Waals surface area contributed by atoms with E-state index in [-0.39, 0.29) is 10.8 Å². The summed E-state index contributed by atoms with van der Waals surface area (Å²) in [6.07, 6.45) is 7.17. The van der Waals surface area contributed by atoms with Crippen LogP contribution in [0, 0.1) is 0 Å². The number of amides is 1. The Morgan fingerprint density at radius 1 is 1.04 bits per heavy atom. The van der Waals surface area contributed by atoms with Gasteiger partial charge in [-0.15, -0.1) is 0 Å². The van der Waals surface area contributed by atoms with Crippen LogP contribution in [0.2, 0.25) is 0 Å². The molecule has 0 saturated carbocycles. The normalized spacial score (nSPS) is 11.1. The predicted octanol–water partition coefficient (Wildman–Crippen LogP) is 2.89. The molecule has 0 aliphatic heterocycles. The van der Waals surface area contributed by atoms with E-state index < -0.39 is 10.0 Å². The fourth-order valence-electron chi connectivity index (χ4n) is 2.68. The van der Waals surface area contributed by atoms with Gasteiger partial charge in [0.05, 0.1) is 11.2 Å². The smallest absolute Gasteiger partial charge is 0.261 e. The van der Waals surface area contributed by atoms with Gasteiger partial charge in [0.2, 0.25) is 0 Å². The Morgan fingerprint density at radius 2 is 1.86 bits per heavy atom. The minimum Gasteiger partial charge on any atom is -0.352 e. The van der Waals surface area contributed by atoms with Gasteiger partial charge in [-0.25, -0.2) is 13.4 Å². The Hall–Kier alpha value is -3.13. The van der Waals surface area contributed by atoms with Crippen molar-refractivity contribution in [3.05, 3.63) is 78.9 Å². The van der Waals surface area contributed by atoms with Crippen molar-refractivity contribution >= 4 is 21.6 Å². The Bertz CT molecular complexity index is 1000. The van der Waals surface area contributed by atoms with Gasteiger partial charge in [-0.05, 0) is 43.2 Å². The number of hydrogen-bond donors (Lipinski definition) is 2. The number of aromatic nitrogens is 2. The SMILES string of the molecule is O=C(NCCCCn1ccnc1)c1cccc(NS(=O)(=O)c2ccccc2)c1. The van der Waals surface area contributed by atoms with Crippen LogP contribution in [-0.2, 0) is 16.6 Å². The minimum absolute atomic E-state index is 0.169. The van der Waals surface area contributed by atoms with E-state index >= 15 is 0 Å². The Morgan fingerprint density at radius 3 is 2.61 bits per heavy atom. The summed E-state index contributed by atoms with van der Waals surface area (Å²) in [7, 11) is -3.69. The molecule has 28 heavy (non-hydrogen) atoms. The molecule has 1 aromatic heterocycles. The Labute approximate surface area is 164 Å². The lowest BCUT2D eigenvalue weighted by molar-refractivity contribution is 0.0953. The first-order chi connectivity index (χ1) is 13.5. The topological polar surface area (TPSA) is 93.1 Å². The highest BCUT2D eigenvalue weighted by Gasteiger charge is 2.14. The highest BCUT2D eigenvalue weighted by molar-refractivity contribution is 7.92. The summed E-state index contributed by atoms with van der Waals surface area (Å²) in [5.74, 6) is -0.233. The van der Waals surface area contributed by atoms with Crippen molar-refractivity contribution < 1.29 is 13.2 Å². The van der Waals surface area contributed by atoms with Gasteiger partial charge in [0, 0.05) is 36.7 Å². The van der Waals surface area contributed by atoms with Crippen molar-refractivity contribution in [3.63, 3.8) is 0 Å². The molecule has 0 unspecified atom stereocenters. The van der Waals surface area contributed by atoms with E-state index in [1.807, 2.05) is 10.8 Å². The summed E-state index contributed by atoms with van der Waals surface area (Å²) in [6, 6.07) is 14.5. The van der Waals surface area contributed by atoms with E-state index in [2.05, 4.69) is 15.0 Å². The second-order valence-corrected chi connectivity index (χ2v) is 7.95. The molecule has 7 nitrogen and oxygen atoms in total. The fourth-order valence-corrected chi connectivity index (χ4v) is 3.75. The van der Waals surface area contributed by atoms with Crippen LogP contribution in [0.3, 0.4) is 0 Å². The molecule has 146 valence electrons. The van der Waals surface area contributed by atoms with Crippen LogP contribution < -0.4 is 10.0 Å². The maximum atomic E-state index is 12.4. The number of anilines is 1. The van der Waals surface area contributed by atoms with Crippen molar-refractivity contribution in [1.29, 1.82) is 0 Å². The first kappa shape index (κ1) is 19.6. The zero-order valence-electron chi connectivity index (χ0n) is 15.3. The number of benzene rings is 2. The highest BCUT2D eigenvalue weighted by Crippen LogP contribution is 2.17. The first-order valence-electron chi connectivity index (χ1n) is 8.96. The molecule has 2 N–H and O–H groups in total. The molecule has 0 spiro atoms. The van der Waals surface area contributed by atoms with Crippen LogP contribution in [0.4, 0.5) is 5.69 Å². The average molecular weight is 398 g/mol. The van der Waals surface area contributed by atoms with Crippen LogP contribution in [0.1, 0.15) is 23.2 Å². The van der Waals surface area contributed by atoms with Crippen molar-refractivity contribution in [1.82, 2.24) is 14.9 Å². The van der Waals surface area contributed by atoms with Crippen LogP contribution in [0.15, 0.2) is 78.2 Å². The van der Waals surface area contributed by atoms with Crippen molar-refractivity contribution in [2.75, 3.05) is 11.3 Å². The number of nitrogens with one attached hydrogen (secondary N) is 2. The van der Waals surface area contributed by atoms with Gasteiger partial charge in [-0.3, -0.25) is 9.52 Å². The molecule has 0 radical (unpaired) electrons. The molecule has 2 aromatic carbocycles. The van der Waals surface area contributed by atoms with E-state index in [1.54, 1.807) is 48.9 Å². The molecule has 0 bridgehead atoms. The minimum atomic E-state index is -3.69. The molecule has 1 amide bonds. The monoisotopic (exact) mass is 398 g/mol. The molecular formula is C20H22N4O3S. The van der Waals surface area contributed by atoms with Crippen LogP contribution in [0.25, 0.3) is 0 Å². The van der Waals surface area contributed by atoms with Crippen molar-refractivity contribution in [2.24, 2.45) is 0 Å². The number of hydrogen-bond acceptors (Lipinski definition) is 4. The number of carbonyl (C=O) groups is 1. The largest absolute Gasteiger partial charge is 0.352 e. The summed E-state index contributed by atoms with van der Waals surface area (Å²) >= 11 is 0. The molecule has 0 fully saturated rings. The second-order valence-electron chi connectivity index (χ2n) is 6.26. The lowest BCUT2D eigenvalue weighted by atomic mass is 10.2. The number of aryl methyl sites for hydroxylation is 1. The molecular weight excluding hydrogens is 376 g/mol. The predicted molar refractivity (Wildman–Crippen MR) is 107 cm³/mol. The number of imidazole rings is 1. The number of nitrogens with zero attached hydrogens (tertiary/aromatic N) is 2. The number of unbranched alkanes of at least 4 members (excludes halogenated alkanes) is 1. The molecule has 1 heterocycles. The third-order valence-electron chi connectivity index (χ3n) is 4.12. The molecule has 8 heteroatoms. The van der Waals surface area contributed by atoms with E-state index in [0.717, 1.165) is 19.4 Å². The summed E-state index contributed by atoms with van der Waals surface area (Å²) in [6.45, 7) is 1.40. The summed E-state index contributed by atoms with van der Waals surface area (Å²) in [5, 5.41) is 2.86.